The SMILES string of the molecule is CNC(=O)n1ccc2cc(Oc3ccnc(NC(=O)c4ccc(CN5CCN(C)CC5)s4)c3)c(OC)cc21. The van der Waals surface area contributed by atoms with Crippen LogP contribution in [-0.4, -0.2) is 78.7 Å². The molecule has 1 aliphatic heterocycles. The number of benzene rings is 1. The van der Waals surface area contributed by atoms with E-state index in [1.165, 1.54) is 15.9 Å². The summed E-state index contributed by atoms with van der Waals surface area (Å²) in [4.78, 5) is 35.8. The average Bonchev–Trinajstić information content (AvgIpc) is 3.56. The summed E-state index contributed by atoms with van der Waals surface area (Å²) in [5, 5.41) is 6.30. The average molecular weight is 535 g/mol. The Morgan fingerprint density at radius 2 is 1.87 bits per heavy atom. The Kier molecular flexibility index (Phi) is 7.59. The number of nitrogens with zero attached hydrogens (tertiary/aromatic N) is 4. The van der Waals surface area contributed by atoms with E-state index in [0.29, 0.717) is 33.5 Å². The Morgan fingerprint density at radius 1 is 1.05 bits per heavy atom. The minimum atomic E-state index is -0.248. The third-order valence-electron chi connectivity index (χ3n) is 6.47. The van der Waals surface area contributed by atoms with Crippen molar-refractivity contribution in [3.8, 4) is 17.2 Å². The van der Waals surface area contributed by atoms with Crippen LogP contribution in [0.25, 0.3) is 10.9 Å². The van der Waals surface area contributed by atoms with Gasteiger partial charge in [0.15, 0.2) is 11.5 Å². The number of hydrogen-bond donors (Lipinski definition) is 2. The number of nitrogens with one attached hydrogen (secondary N) is 2. The lowest BCUT2D eigenvalue weighted by atomic mass is 10.2. The van der Waals surface area contributed by atoms with Gasteiger partial charge in [0.1, 0.15) is 11.6 Å². The Balaban J connectivity index is 1.27. The molecule has 11 heteroatoms. The molecule has 4 aromatic rings. The first-order chi connectivity index (χ1) is 18.4. The second-order valence-electron chi connectivity index (χ2n) is 9.08. The highest BCUT2D eigenvalue weighted by atomic mass is 32.1. The molecule has 198 valence electrons. The van der Waals surface area contributed by atoms with E-state index >= 15 is 0 Å². The van der Waals surface area contributed by atoms with Crippen LogP contribution in [0.5, 0.6) is 17.2 Å². The van der Waals surface area contributed by atoms with Crippen molar-refractivity contribution >= 4 is 40.0 Å². The zero-order valence-electron chi connectivity index (χ0n) is 21.6. The molecule has 2 N–H and O–H groups in total. The topological polar surface area (TPSA) is 101 Å². The van der Waals surface area contributed by atoms with Crippen LogP contribution in [0.1, 0.15) is 14.5 Å². The van der Waals surface area contributed by atoms with Gasteiger partial charge in [-0.2, -0.15) is 0 Å². The van der Waals surface area contributed by atoms with Crippen molar-refractivity contribution in [1.82, 2.24) is 24.7 Å². The Morgan fingerprint density at radius 3 is 2.63 bits per heavy atom. The third-order valence-corrected chi connectivity index (χ3v) is 7.54. The number of ether oxygens (including phenoxy) is 2. The molecule has 3 aromatic heterocycles. The molecule has 2 amide bonds. The first kappa shape index (κ1) is 25.7. The Bertz CT molecular complexity index is 1460. The van der Waals surface area contributed by atoms with Crippen LogP contribution in [0.15, 0.2) is 54.9 Å². The van der Waals surface area contributed by atoms with Gasteiger partial charge >= 0.3 is 6.03 Å². The molecule has 10 nitrogen and oxygen atoms in total. The zero-order valence-corrected chi connectivity index (χ0v) is 22.4. The first-order valence-electron chi connectivity index (χ1n) is 12.3. The van der Waals surface area contributed by atoms with Crippen LogP contribution < -0.4 is 20.1 Å². The molecule has 0 atom stereocenters. The molecular weight excluding hydrogens is 504 g/mol. The highest BCUT2D eigenvalue weighted by molar-refractivity contribution is 7.14. The normalized spacial score (nSPS) is 14.4. The maximum Gasteiger partial charge on any atom is 0.325 e. The lowest BCUT2D eigenvalue weighted by Gasteiger charge is -2.31. The van der Waals surface area contributed by atoms with Crippen molar-refractivity contribution in [3.63, 3.8) is 0 Å². The number of likely N-dealkylation sites (N-methyl/N-ethyl adjacent to an activating group) is 1. The highest BCUT2D eigenvalue weighted by Crippen LogP contribution is 2.36. The molecule has 1 aromatic carbocycles. The largest absolute Gasteiger partial charge is 0.493 e. The summed E-state index contributed by atoms with van der Waals surface area (Å²) in [6.45, 7) is 5.04. The molecule has 38 heavy (non-hydrogen) atoms. The van der Waals surface area contributed by atoms with E-state index in [1.807, 2.05) is 18.2 Å². The van der Waals surface area contributed by atoms with Gasteiger partial charge in [-0.05, 0) is 37.4 Å². The molecule has 0 saturated carbocycles. The monoisotopic (exact) mass is 534 g/mol. The highest BCUT2D eigenvalue weighted by Gasteiger charge is 2.17. The van der Waals surface area contributed by atoms with E-state index in [1.54, 1.807) is 50.8 Å². The van der Waals surface area contributed by atoms with Crippen molar-refractivity contribution in [2.75, 3.05) is 52.7 Å². The molecular formula is C27H30N6O4S. The predicted molar refractivity (Wildman–Crippen MR) is 148 cm³/mol. The molecule has 1 saturated heterocycles. The molecule has 0 spiro atoms. The summed E-state index contributed by atoms with van der Waals surface area (Å²) in [5.41, 5.74) is 0.694. The number of carbonyl (C=O) groups excluding carboxylic acids is 2. The van der Waals surface area contributed by atoms with Crippen molar-refractivity contribution < 1.29 is 19.1 Å². The summed E-state index contributed by atoms with van der Waals surface area (Å²) >= 11 is 1.50. The van der Waals surface area contributed by atoms with Crippen molar-refractivity contribution in [2.24, 2.45) is 0 Å². The molecule has 0 bridgehead atoms. The van der Waals surface area contributed by atoms with Crippen LogP contribution in [0.4, 0.5) is 10.6 Å². The number of piperazine rings is 1. The summed E-state index contributed by atoms with van der Waals surface area (Å²) in [6, 6.07) is 12.4. The smallest absolute Gasteiger partial charge is 0.325 e. The van der Waals surface area contributed by atoms with Gasteiger partial charge in [0.2, 0.25) is 0 Å². The van der Waals surface area contributed by atoms with Gasteiger partial charge in [-0.25, -0.2) is 9.78 Å². The number of carbonyl (C=O) groups is 2. The maximum atomic E-state index is 12.9. The molecule has 5 rings (SSSR count). The summed E-state index contributed by atoms with van der Waals surface area (Å²) in [5.74, 6) is 1.60. The van der Waals surface area contributed by atoms with Crippen molar-refractivity contribution in [2.45, 2.75) is 6.54 Å². The number of pyridine rings is 1. The van der Waals surface area contributed by atoms with E-state index in [-0.39, 0.29) is 11.9 Å². The van der Waals surface area contributed by atoms with E-state index in [4.69, 9.17) is 9.47 Å². The van der Waals surface area contributed by atoms with Crippen molar-refractivity contribution in [1.29, 1.82) is 0 Å². The number of rotatable bonds is 7. The minimum absolute atomic E-state index is 0.209. The van der Waals surface area contributed by atoms with E-state index in [2.05, 4.69) is 32.5 Å². The van der Waals surface area contributed by atoms with Gasteiger partial charge in [0.25, 0.3) is 5.91 Å². The fourth-order valence-corrected chi connectivity index (χ4v) is 5.28. The first-order valence-corrected chi connectivity index (χ1v) is 13.1. The number of thiophene rings is 1. The summed E-state index contributed by atoms with van der Waals surface area (Å²) < 4.78 is 13.1. The lowest BCUT2D eigenvalue weighted by Crippen LogP contribution is -2.43. The number of amides is 2. The quantitative estimate of drug-likeness (QED) is 0.368. The van der Waals surface area contributed by atoms with E-state index < -0.39 is 0 Å². The maximum absolute atomic E-state index is 12.9. The number of aromatic nitrogens is 2. The van der Waals surface area contributed by atoms with Crippen LogP contribution in [0, 0.1) is 0 Å². The number of hydrogen-bond acceptors (Lipinski definition) is 8. The van der Waals surface area contributed by atoms with Gasteiger partial charge in [-0.15, -0.1) is 11.3 Å². The summed E-state index contributed by atoms with van der Waals surface area (Å²) in [6.07, 6.45) is 3.26. The second-order valence-corrected chi connectivity index (χ2v) is 10.2. The zero-order chi connectivity index (χ0) is 26.6. The van der Waals surface area contributed by atoms with Gasteiger partial charge < -0.3 is 25.0 Å². The van der Waals surface area contributed by atoms with E-state index in [0.717, 1.165) is 43.0 Å². The molecule has 1 fully saturated rings. The molecule has 0 unspecified atom stereocenters. The minimum Gasteiger partial charge on any atom is -0.493 e. The number of fused-ring (bicyclic) bond motifs is 1. The standard InChI is InChI=1S/C27H30N6O4S/c1-28-27(35)33-9-7-18-14-23(22(36-3)16-21(18)33)37-19-6-8-29-25(15-19)30-26(34)24-5-4-20(38-24)17-32-12-10-31(2)11-13-32/h4-9,14-16H,10-13,17H2,1-3H3,(H,28,35)(H,29,30,34). The third kappa shape index (κ3) is 5.64. The second kappa shape index (κ2) is 11.2. The number of anilines is 1. The van der Waals surface area contributed by atoms with Crippen LogP contribution in [-0.2, 0) is 6.54 Å². The molecule has 1 aliphatic rings. The van der Waals surface area contributed by atoms with Gasteiger partial charge in [-0.1, -0.05) is 0 Å². The van der Waals surface area contributed by atoms with Gasteiger partial charge in [0, 0.05) is 74.6 Å². The molecule has 0 radical (unpaired) electrons. The van der Waals surface area contributed by atoms with Gasteiger partial charge in [0.05, 0.1) is 17.5 Å². The molecule has 4 heterocycles. The van der Waals surface area contributed by atoms with E-state index in [9.17, 15) is 9.59 Å². The lowest BCUT2D eigenvalue weighted by molar-refractivity contribution is 0.103. The fourth-order valence-electron chi connectivity index (χ4n) is 4.34. The van der Waals surface area contributed by atoms with Crippen molar-refractivity contribution in [3.05, 3.63) is 64.6 Å². The van der Waals surface area contributed by atoms with Crippen LogP contribution in [0.3, 0.4) is 0 Å². The number of methoxy groups -OCH3 is 1. The van der Waals surface area contributed by atoms with Crippen LogP contribution >= 0.6 is 11.3 Å². The fraction of sp³-hybridized carbons (Fsp3) is 0.296. The summed E-state index contributed by atoms with van der Waals surface area (Å²) in [7, 11) is 5.26. The van der Waals surface area contributed by atoms with Crippen LogP contribution in [0.2, 0.25) is 0 Å². The predicted octanol–water partition coefficient (Wildman–Crippen LogP) is 4.09. The van der Waals surface area contributed by atoms with Gasteiger partial charge in [-0.3, -0.25) is 14.3 Å². The molecule has 0 aliphatic carbocycles. The Hall–Kier alpha value is -3.93. The Labute approximate surface area is 224 Å².